The van der Waals surface area contributed by atoms with Gasteiger partial charge < -0.3 is 32.6 Å². The third-order valence-electron chi connectivity index (χ3n) is 9.75. The number of ether oxygens (including phenoxy) is 3. The molecule has 0 saturated carbocycles. The fourth-order valence-electron chi connectivity index (χ4n) is 6.09. The van der Waals surface area contributed by atoms with Gasteiger partial charge in [-0.1, -0.05) is 127 Å². The Bertz CT molecular complexity index is 1180. The first kappa shape index (κ1) is 52.9. The molecule has 1 heterocycles. The van der Waals surface area contributed by atoms with E-state index in [1.165, 1.54) is 64.2 Å². The molecule has 1 aliphatic rings. The molecular formula is C46H82NO9P. The van der Waals surface area contributed by atoms with Crippen LogP contribution in [-0.2, 0) is 37.4 Å². The van der Waals surface area contributed by atoms with Crippen molar-refractivity contribution < 1.29 is 46.8 Å². The van der Waals surface area contributed by atoms with Crippen LogP contribution >= 0.6 is 7.82 Å². The molecule has 0 aromatic heterocycles. The molecule has 11 heteroatoms. The summed E-state index contributed by atoms with van der Waals surface area (Å²) in [6.45, 7) is 4.09. The number of nitrogens with zero attached hydrogens (tertiary/aromatic N) is 1. The SMILES string of the molecule is CCCCC/C=C\C/C=C\C/C=C\CC1OC1CCCC(=O)O[C@H](COC(=O)CCCCCCC/C=C\CCCCCCCC)COP(=O)([O-])OCC[N+](C)(C)C. The normalized spacial score (nSPS) is 17.6. The van der Waals surface area contributed by atoms with Crippen molar-refractivity contribution in [3.8, 4) is 0 Å². The van der Waals surface area contributed by atoms with Crippen LogP contribution in [-0.4, -0.2) is 82.2 Å². The number of likely N-dealkylation sites (N-methyl/N-ethyl adjacent to an activating group) is 1. The van der Waals surface area contributed by atoms with Crippen molar-refractivity contribution in [2.75, 3.05) is 47.5 Å². The zero-order valence-corrected chi connectivity index (χ0v) is 37.6. The number of hydrogen-bond donors (Lipinski definition) is 0. The average Bonchev–Trinajstić information content (AvgIpc) is 3.91. The first-order chi connectivity index (χ1) is 27.5. The van der Waals surface area contributed by atoms with Crippen molar-refractivity contribution in [1.29, 1.82) is 0 Å². The second-order valence-electron chi connectivity index (χ2n) is 16.4. The molecule has 0 aromatic rings. The number of hydrogen-bond acceptors (Lipinski definition) is 9. The quantitative estimate of drug-likeness (QED) is 0.0149. The van der Waals surface area contributed by atoms with Gasteiger partial charge in [0.25, 0.3) is 7.82 Å². The van der Waals surface area contributed by atoms with Gasteiger partial charge in [0, 0.05) is 12.8 Å². The van der Waals surface area contributed by atoms with Gasteiger partial charge in [-0.15, -0.1) is 0 Å². The molecule has 3 unspecified atom stereocenters. The van der Waals surface area contributed by atoms with Crippen molar-refractivity contribution >= 4 is 19.8 Å². The molecular weight excluding hydrogens is 741 g/mol. The third kappa shape index (κ3) is 35.6. The van der Waals surface area contributed by atoms with Crippen LogP contribution in [0.2, 0.25) is 0 Å². The van der Waals surface area contributed by atoms with Gasteiger partial charge in [-0.05, 0) is 77.0 Å². The molecule has 0 spiro atoms. The highest BCUT2D eigenvalue weighted by Crippen LogP contribution is 2.38. The zero-order valence-electron chi connectivity index (χ0n) is 36.7. The van der Waals surface area contributed by atoms with Crippen LogP contribution in [0.3, 0.4) is 0 Å². The number of phosphoric acid groups is 1. The Labute approximate surface area is 348 Å². The van der Waals surface area contributed by atoms with E-state index in [2.05, 4.69) is 62.5 Å². The molecule has 1 rings (SSSR count). The molecule has 1 saturated heterocycles. The third-order valence-corrected chi connectivity index (χ3v) is 10.7. The molecule has 10 nitrogen and oxygen atoms in total. The van der Waals surface area contributed by atoms with E-state index in [9.17, 15) is 19.0 Å². The van der Waals surface area contributed by atoms with E-state index in [0.29, 0.717) is 23.9 Å². The summed E-state index contributed by atoms with van der Waals surface area (Å²) in [6.07, 6.45) is 41.5. The number of carbonyl (C=O) groups is 2. The maximum Gasteiger partial charge on any atom is 0.306 e. The minimum absolute atomic E-state index is 0.0477. The number of phosphoric ester groups is 1. The summed E-state index contributed by atoms with van der Waals surface area (Å²) in [5.74, 6) is -0.922. The smallest absolute Gasteiger partial charge is 0.306 e. The number of rotatable bonds is 39. The zero-order chi connectivity index (χ0) is 41.9. The average molecular weight is 824 g/mol. The fraction of sp³-hybridized carbons (Fsp3) is 0.783. The maximum absolute atomic E-state index is 12.7. The largest absolute Gasteiger partial charge is 0.756 e. The van der Waals surface area contributed by atoms with E-state index < -0.39 is 32.5 Å². The summed E-state index contributed by atoms with van der Waals surface area (Å²) < 4.78 is 39.7. The lowest BCUT2D eigenvalue weighted by Gasteiger charge is -2.28. The molecule has 0 radical (unpaired) electrons. The second kappa shape index (κ2) is 34.8. The molecule has 4 atom stereocenters. The minimum atomic E-state index is -4.65. The Morgan fingerprint density at radius 3 is 1.82 bits per heavy atom. The predicted molar refractivity (Wildman–Crippen MR) is 231 cm³/mol. The number of epoxide rings is 1. The topological polar surface area (TPSA) is 124 Å². The standard InChI is InChI=1S/C46H82NO9P/c1-6-8-10-12-14-16-18-20-21-22-24-26-28-30-32-36-45(48)52-40-42(41-54-57(50,51)53-39-38-47(3,4)5)55-46(49)37-33-35-44-43(56-44)34-31-29-27-25-23-19-17-15-13-11-9-7-2/h15,17,20-21,23,25,29,31,42-44H,6-14,16,18-19,22,24,26-28,30,32-41H2,1-5H3/b17-15-,21-20-,25-23-,31-29-/t42-,43?,44?/m1/s1. The van der Waals surface area contributed by atoms with E-state index in [0.717, 1.165) is 64.2 Å². The molecule has 330 valence electrons. The summed E-state index contributed by atoms with van der Waals surface area (Å²) in [7, 11) is 1.11. The van der Waals surface area contributed by atoms with Gasteiger partial charge in [-0.2, -0.15) is 0 Å². The Morgan fingerprint density at radius 1 is 0.649 bits per heavy atom. The summed E-state index contributed by atoms with van der Waals surface area (Å²) in [6, 6.07) is 0. The Balaban J connectivity index is 2.35. The van der Waals surface area contributed by atoms with Crippen LogP contribution in [0.15, 0.2) is 48.6 Å². The molecule has 0 N–H and O–H groups in total. The van der Waals surface area contributed by atoms with Crippen LogP contribution < -0.4 is 4.89 Å². The monoisotopic (exact) mass is 824 g/mol. The van der Waals surface area contributed by atoms with Gasteiger partial charge in [0.05, 0.1) is 40.0 Å². The summed E-state index contributed by atoms with van der Waals surface area (Å²) in [5.41, 5.74) is 0. The van der Waals surface area contributed by atoms with Gasteiger partial charge in [0.2, 0.25) is 0 Å². The minimum Gasteiger partial charge on any atom is -0.756 e. The number of esters is 2. The van der Waals surface area contributed by atoms with E-state index in [1.54, 1.807) is 0 Å². The first-order valence-electron chi connectivity index (χ1n) is 22.5. The van der Waals surface area contributed by atoms with Crippen LogP contribution in [0.25, 0.3) is 0 Å². The van der Waals surface area contributed by atoms with Crippen molar-refractivity contribution in [1.82, 2.24) is 0 Å². The summed E-state index contributed by atoms with van der Waals surface area (Å²) in [5, 5.41) is 0. The molecule has 57 heavy (non-hydrogen) atoms. The summed E-state index contributed by atoms with van der Waals surface area (Å²) >= 11 is 0. The van der Waals surface area contributed by atoms with E-state index in [-0.39, 0.29) is 38.3 Å². The van der Waals surface area contributed by atoms with Crippen molar-refractivity contribution in [3.63, 3.8) is 0 Å². The van der Waals surface area contributed by atoms with Gasteiger partial charge in [0.15, 0.2) is 6.10 Å². The Morgan fingerprint density at radius 2 is 1.18 bits per heavy atom. The highest BCUT2D eigenvalue weighted by molar-refractivity contribution is 7.45. The first-order valence-corrected chi connectivity index (χ1v) is 23.9. The molecule has 0 aromatic carbocycles. The van der Waals surface area contributed by atoms with Gasteiger partial charge in [-0.3, -0.25) is 14.2 Å². The molecule has 0 aliphatic carbocycles. The Hall–Kier alpha value is -2.07. The van der Waals surface area contributed by atoms with E-state index in [4.69, 9.17) is 23.3 Å². The molecule has 0 amide bonds. The maximum atomic E-state index is 12.7. The Kier molecular flexibility index (Phi) is 32.3. The van der Waals surface area contributed by atoms with Crippen molar-refractivity contribution in [3.05, 3.63) is 48.6 Å². The highest BCUT2D eigenvalue weighted by atomic mass is 31.2. The van der Waals surface area contributed by atoms with Crippen LogP contribution in [0.1, 0.15) is 168 Å². The molecule has 0 bridgehead atoms. The lowest BCUT2D eigenvalue weighted by molar-refractivity contribution is -0.870. The molecule has 1 aliphatic heterocycles. The second-order valence-corrected chi connectivity index (χ2v) is 17.9. The van der Waals surface area contributed by atoms with Crippen molar-refractivity contribution in [2.24, 2.45) is 0 Å². The van der Waals surface area contributed by atoms with Crippen molar-refractivity contribution in [2.45, 2.75) is 186 Å². The number of carbonyl (C=O) groups excluding carboxylic acids is 2. The lowest BCUT2D eigenvalue weighted by Crippen LogP contribution is -2.37. The number of allylic oxidation sites excluding steroid dienone is 7. The van der Waals surface area contributed by atoms with E-state index in [1.807, 2.05) is 21.1 Å². The number of unbranched alkanes of at least 4 members (excludes halogenated alkanes) is 14. The van der Waals surface area contributed by atoms with Crippen LogP contribution in [0.4, 0.5) is 0 Å². The number of quaternary nitrogens is 1. The van der Waals surface area contributed by atoms with E-state index >= 15 is 0 Å². The van der Waals surface area contributed by atoms with Gasteiger partial charge >= 0.3 is 11.9 Å². The summed E-state index contributed by atoms with van der Waals surface area (Å²) in [4.78, 5) is 37.7. The fourth-order valence-corrected chi connectivity index (χ4v) is 6.82. The van der Waals surface area contributed by atoms with Crippen LogP contribution in [0, 0.1) is 0 Å². The lowest BCUT2D eigenvalue weighted by atomic mass is 10.1. The van der Waals surface area contributed by atoms with Gasteiger partial charge in [0.1, 0.15) is 19.8 Å². The highest BCUT2D eigenvalue weighted by Gasteiger charge is 2.36. The predicted octanol–water partition coefficient (Wildman–Crippen LogP) is 11.0. The van der Waals surface area contributed by atoms with Gasteiger partial charge in [-0.25, -0.2) is 0 Å². The van der Waals surface area contributed by atoms with Crippen LogP contribution in [0.5, 0.6) is 0 Å². The molecule has 1 fully saturated rings.